The standard InChI is InChI=1S/C20H12N8/c1-2-4-15-14(3-1)16-8-12-6-5-11(22-12)7-13-10-21-19(23-13)26-20-25-18(27-28-20)9-17(15)24-16/h1-10H,(H2,21,23,25,26,27,28). The molecule has 0 spiro atoms. The fraction of sp³-hybridized carbons (Fsp3) is 0. The summed E-state index contributed by atoms with van der Waals surface area (Å²) in [5, 5.41) is 0. The number of fused-ring (bicyclic) bond motifs is 7. The molecule has 28 heavy (non-hydrogen) atoms. The van der Waals surface area contributed by atoms with Gasteiger partial charge in [0.05, 0.1) is 34.7 Å². The third kappa shape index (κ3) is 2.47. The van der Waals surface area contributed by atoms with Gasteiger partial charge in [-0.25, -0.2) is 20.0 Å². The highest BCUT2D eigenvalue weighted by Gasteiger charge is 2.21. The maximum atomic E-state index is 4.81. The van der Waals surface area contributed by atoms with Gasteiger partial charge in [-0.15, -0.1) is 0 Å². The zero-order chi connectivity index (χ0) is 18.5. The van der Waals surface area contributed by atoms with Crippen LogP contribution in [0, 0.1) is 0 Å². The zero-order valence-corrected chi connectivity index (χ0v) is 14.5. The van der Waals surface area contributed by atoms with Gasteiger partial charge in [-0.1, -0.05) is 24.3 Å². The number of aliphatic imine (C=N–C) groups is 6. The predicted octanol–water partition coefficient (Wildman–Crippen LogP) is 1.93. The normalized spacial score (nSPS) is 20.7. The predicted molar refractivity (Wildman–Crippen MR) is 111 cm³/mol. The molecule has 5 heterocycles. The number of benzene rings is 1. The third-order valence-electron chi connectivity index (χ3n) is 4.53. The van der Waals surface area contributed by atoms with Crippen LogP contribution in [0.15, 0.2) is 96.1 Å². The molecular formula is C20H12N8. The van der Waals surface area contributed by atoms with Crippen molar-refractivity contribution in [2.24, 2.45) is 30.0 Å². The van der Waals surface area contributed by atoms with Gasteiger partial charge in [0.1, 0.15) is 0 Å². The van der Waals surface area contributed by atoms with Gasteiger partial charge in [0, 0.05) is 17.2 Å². The van der Waals surface area contributed by atoms with Gasteiger partial charge in [-0.3, -0.25) is 10.9 Å². The Hall–Kier alpha value is -4.20. The summed E-state index contributed by atoms with van der Waals surface area (Å²) in [5.41, 5.74) is 12.1. The molecule has 5 aliphatic rings. The molecule has 8 bridgehead atoms. The van der Waals surface area contributed by atoms with Gasteiger partial charge in [0.2, 0.25) is 5.96 Å². The summed E-state index contributed by atoms with van der Waals surface area (Å²) in [4.78, 5) is 26.8. The van der Waals surface area contributed by atoms with Gasteiger partial charge in [-0.05, 0) is 24.3 Å². The Morgan fingerprint density at radius 1 is 0.714 bits per heavy atom. The van der Waals surface area contributed by atoms with Crippen LogP contribution in [0.5, 0.6) is 0 Å². The topological polar surface area (TPSA) is 98.2 Å². The molecule has 1 aromatic carbocycles. The van der Waals surface area contributed by atoms with Crippen LogP contribution in [0.1, 0.15) is 11.1 Å². The monoisotopic (exact) mass is 364 g/mol. The Bertz CT molecular complexity index is 1240. The number of hydrazine groups is 1. The average Bonchev–Trinajstić information content (AvgIpc) is 3.47. The van der Waals surface area contributed by atoms with E-state index in [2.05, 4.69) is 41.9 Å². The van der Waals surface area contributed by atoms with Crippen molar-refractivity contribution >= 4 is 41.0 Å². The lowest BCUT2D eigenvalue weighted by Crippen LogP contribution is -2.28. The first-order chi connectivity index (χ1) is 13.8. The van der Waals surface area contributed by atoms with Crippen LogP contribution in [0.2, 0.25) is 0 Å². The summed E-state index contributed by atoms with van der Waals surface area (Å²) in [7, 11) is 0. The summed E-state index contributed by atoms with van der Waals surface area (Å²) in [6.45, 7) is 0. The Kier molecular flexibility index (Phi) is 3.01. The second-order valence-corrected chi connectivity index (χ2v) is 6.43. The fourth-order valence-corrected chi connectivity index (χ4v) is 3.30. The molecule has 0 radical (unpaired) electrons. The molecule has 2 N–H and O–H groups in total. The highest BCUT2D eigenvalue weighted by atomic mass is 15.5. The van der Waals surface area contributed by atoms with E-state index in [0.29, 0.717) is 23.5 Å². The van der Waals surface area contributed by atoms with Crippen molar-refractivity contribution in [3.8, 4) is 0 Å². The molecule has 8 heteroatoms. The molecule has 0 saturated carbocycles. The quantitative estimate of drug-likeness (QED) is 0.735. The van der Waals surface area contributed by atoms with E-state index >= 15 is 0 Å². The second-order valence-electron chi connectivity index (χ2n) is 6.43. The maximum Gasteiger partial charge on any atom is 0.253 e. The molecule has 0 aromatic heterocycles. The summed E-state index contributed by atoms with van der Waals surface area (Å²) >= 11 is 0. The van der Waals surface area contributed by atoms with E-state index in [-0.39, 0.29) is 0 Å². The van der Waals surface area contributed by atoms with Crippen LogP contribution >= 0.6 is 0 Å². The van der Waals surface area contributed by atoms with Gasteiger partial charge in [-0.2, -0.15) is 9.98 Å². The molecular weight excluding hydrogens is 352 g/mol. The van der Waals surface area contributed by atoms with Crippen molar-refractivity contribution in [3.63, 3.8) is 0 Å². The van der Waals surface area contributed by atoms with Crippen molar-refractivity contribution in [1.29, 1.82) is 0 Å². The van der Waals surface area contributed by atoms with Crippen LogP contribution in [0.3, 0.4) is 0 Å². The van der Waals surface area contributed by atoms with E-state index in [0.717, 1.165) is 33.9 Å². The summed E-state index contributed by atoms with van der Waals surface area (Å²) < 4.78 is 0. The lowest BCUT2D eigenvalue weighted by Gasteiger charge is -2.00. The number of allylic oxidation sites excluding steroid dienone is 5. The van der Waals surface area contributed by atoms with Crippen LogP contribution < -0.4 is 10.9 Å². The molecule has 0 aliphatic carbocycles. The van der Waals surface area contributed by atoms with Crippen LogP contribution in [-0.4, -0.2) is 35.3 Å². The lowest BCUT2D eigenvalue weighted by molar-refractivity contribution is 0.806. The lowest BCUT2D eigenvalue weighted by atomic mass is 10.0. The van der Waals surface area contributed by atoms with Crippen LogP contribution in [0.25, 0.3) is 5.70 Å². The van der Waals surface area contributed by atoms with E-state index in [4.69, 9.17) is 4.99 Å². The second kappa shape index (κ2) is 5.65. The summed E-state index contributed by atoms with van der Waals surface area (Å²) in [5.74, 6) is 1.35. The van der Waals surface area contributed by atoms with E-state index in [1.807, 2.05) is 48.6 Å². The van der Waals surface area contributed by atoms with E-state index in [1.54, 1.807) is 6.21 Å². The molecule has 8 nitrogen and oxygen atoms in total. The maximum absolute atomic E-state index is 4.81. The Labute approximate surface area is 159 Å². The average molecular weight is 364 g/mol. The molecule has 0 unspecified atom stereocenters. The summed E-state index contributed by atoms with van der Waals surface area (Å²) in [6, 6.07) is 8.12. The minimum absolute atomic E-state index is 0.338. The first-order valence-corrected chi connectivity index (χ1v) is 8.73. The first-order valence-electron chi connectivity index (χ1n) is 8.73. The molecule has 0 saturated heterocycles. The SMILES string of the molecule is C1=CC2=NC1=CC1=NC(=NC3=NC(=CC4=NC(=C2)c2ccccc24)NN3)N=C1. The molecule has 0 atom stereocenters. The minimum Gasteiger partial charge on any atom is -0.282 e. The first kappa shape index (κ1) is 14.9. The van der Waals surface area contributed by atoms with Crippen LogP contribution in [0.4, 0.5) is 0 Å². The highest BCUT2D eigenvalue weighted by Crippen LogP contribution is 2.30. The summed E-state index contributed by atoms with van der Waals surface area (Å²) in [6.07, 6.45) is 11.3. The van der Waals surface area contributed by atoms with Crippen molar-refractivity contribution in [2.75, 3.05) is 0 Å². The van der Waals surface area contributed by atoms with E-state index < -0.39 is 0 Å². The van der Waals surface area contributed by atoms with Gasteiger partial charge >= 0.3 is 0 Å². The smallest absolute Gasteiger partial charge is 0.253 e. The Balaban J connectivity index is 1.55. The molecule has 6 rings (SSSR count). The van der Waals surface area contributed by atoms with E-state index in [1.165, 1.54) is 0 Å². The zero-order valence-electron chi connectivity index (χ0n) is 14.5. The van der Waals surface area contributed by atoms with Crippen LogP contribution in [-0.2, 0) is 0 Å². The number of guanidine groups is 2. The van der Waals surface area contributed by atoms with Gasteiger partial charge in [0.25, 0.3) is 5.96 Å². The fourth-order valence-electron chi connectivity index (χ4n) is 3.30. The van der Waals surface area contributed by atoms with Gasteiger partial charge < -0.3 is 0 Å². The van der Waals surface area contributed by atoms with Crippen molar-refractivity contribution in [2.45, 2.75) is 0 Å². The van der Waals surface area contributed by atoms with Crippen molar-refractivity contribution in [1.82, 2.24) is 10.9 Å². The number of nitrogens with one attached hydrogen (secondary N) is 2. The molecule has 132 valence electrons. The number of rotatable bonds is 0. The molecule has 0 amide bonds. The molecule has 0 fully saturated rings. The van der Waals surface area contributed by atoms with E-state index in [9.17, 15) is 0 Å². The minimum atomic E-state index is 0.338. The highest BCUT2D eigenvalue weighted by molar-refractivity contribution is 6.42. The molecule has 1 aromatic rings. The largest absolute Gasteiger partial charge is 0.282 e. The van der Waals surface area contributed by atoms with Crippen molar-refractivity contribution in [3.05, 3.63) is 77.3 Å². The van der Waals surface area contributed by atoms with Gasteiger partial charge in [0.15, 0.2) is 5.82 Å². The Morgan fingerprint density at radius 3 is 2.61 bits per heavy atom. The third-order valence-corrected chi connectivity index (χ3v) is 4.53. The van der Waals surface area contributed by atoms with Crippen molar-refractivity contribution < 1.29 is 0 Å². The number of nitrogens with zero attached hydrogens (tertiary/aromatic N) is 6. The molecule has 5 aliphatic heterocycles. The number of hydrogen-bond donors (Lipinski definition) is 2. The Morgan fingerprint density at radius 2 is 1.64 bits per heavy atom. The number of hydrogen-bond acceptors (Lipinski definition) is 8.